The van der Waals surface area contributed by atoms with Crippen molar-refractivity contribution in [3.05, 3.63) is 41.1 Å². The molecule has 1 aromatic carbocycles. The average molecular weight is 367 g/mol. The summed E-state index contributed by atoms with van der Waals surface area (Å²) < 4.78 is 5.41. The van der Waals surface area contributed by atoms with Crippen molar-refractivity contribution in [1.82, 2.24) is 15.2 Å². The Hall–Kier alpha value is -2.47. The summed E-state index contributed by atoms with van der Waals surface area (Å²) in [5.74, 6) is -0.665. The summed E-state index contributed by atoms with van der Waals surface area (Å²) in [6, 6.07) is 7.84. The van der Waals surface area contributed by atoms with Gasteiger partial charge in [0.2, 0.25) is 0 Å². The number of carbonyl (C=O) groups is 2. The third kappa shape index (κ3) is 3.81. The number of para-hydroxylation sites is 1. The molecule has 1 amide bonds. The number of fused-ring (bicyclic) bond motifs is 2. The molecule has 1 fully saturated rings. The van der Waals surface area contributed by atoms with Gasteiger partial charge in [0.25, 0.3) is 5.91 Å². The van der Waals surface area contributed by atoms with Gasteiger partial charge in [-0.05, 0) is 26.0 Å². The number of hydrogen-bond donors (Lipinski definition) is 1. The second-order valence-corrected chi connectivity index (χ2v) is 7.54. The van der Waals surface area contributed by atoms with Crippen molar-refractivity contribution in [1.29, 1.82) is 0 Å². The molecule has 1 N–H and O–H groups in total. The summed E-state index contributed by atoms with van der Waals surface area (Å²) in [4.78, 5) is 32.0. The maximum Gasteiger partial charge on any atom is 0.339 e. The molecule has 6 nitrogen and oxygen atoms in total. The first kappa shape index (κ1) is 17.9. The van der Waals surface area contributed by atoms with E-state index >= 15 is 0 Å². The Bertz CT molecular complexity index is 874. The highest BCUT2D eigenvalue weighted by molar-refractivity contribution is 6.05. The lowest BCUT2D eigenvalue weighted by Gasteiger charge is -2.26. The number of esters is 1. The Balaban J connectivity index is 1.57. The topological polar surface area (TPSA) is 71.5 Å². The number of nitrogens with zero attached hydrogens (tertiary/aromatic N) is 2. The molecule has 1 saturated carbocycles. The lowest BCUT2D eigenvalue weighted by atomic mass is 9.96. The van der Waals surface area contributed by atoms with E-state index in [1.807, 2.05) is 31.3 Å². The predicted octanol–water partition coefficient (Wildman–Crippen LogP) is 2.44. The second kappa shape index (κ2) is 7.64. The van der Waals surface area contributed by atoms with E-state index in [2.05, 4.69) is 10.2 Å². The molecule has 0 radical (unpaired) electrons. The van der Waals surface area contributed by atoms with Crippen molar-refractivity contribution in [2.45, 2.75) is 44.7 Å². The van der Waals surface area contributed by atoms with Crippen LogP contribution < -0.4 is 5.32 Å². The molecule has 0 unspecified atom stereocenters. The van der Waals surface area contributed by atoms with E-state index in [1.54, 1.807) is 0 Å². The van der Waals surface area contributed by atoms with E-state index in [9.17, 15) is 9.59 Å². The van der Waals surface area contributed by atoms with Gasteiger partial charge in [-0.3, -0.25) is 9.78 Å². The van der Waals surface area contributed by atoms with Crippen LogP contribution in [0.1, 0.15) is 47.3 Å². The minimum Gasteiger partial charge on any atom is -0.452 e. The summed E-state index contributed by atoms with van der Waals surface area (Å²) in [7, 11) is 2.03. The molecule has 1 aliphatic heterocycles. The van der Waals surface area contributed by atoms with Crippen LogP contribution in [0.5, 0.6) is 0 Å². The fourth-order valence-corrected chi connectivity index (χ4v) is 4.10. The van der Waals surface area contributed by atoms with Gasteiger partial charge in [-0.2, -0.15) is 0 Å². The number of likely N-dealkylation sites (N-methyl/N-ethyl adjacent to an activating group) is 1. The third-order valence-electron chi connectivity index (χ3n) is 5.50. The molecule has 0 spiro atoms. The molecule has 2 heterocycles. The van der Waals surface area contributed by atoms with Crippen molar-refractivity contribution in [3.63, 3.8) is 0 Å². The molecular weight excluding hydrogens is 342 g/mol. The molecule has 1 aliphatic carbocycles. The van der Waals surface area contributed by atoms with E-state index in [0.29, 0.717) is 12.1 Å². The molecule has 0 saturated heterocycles. The first-order valence-corrected chi connectivity index (χ1v) is 9.67. The number of aromatic nitrogens is 1. The SMILES string of the molecule is CN1CCc2nc3ccccc3c(C(=O)OCC(=O)NC3CCCC3)c2C1. The lowest BCUT2D eigenvalue weighted by molar-refractivity contribution is -0.124. The molecule has 1 aromatic heterocycles. The van der Waals surface area contributed by atoms with Gasteiger partial charge in [-0.15, -0.1) is 0 Å². The molecule has 2 aromatic rings. The van der Waals surface area contributed by atoms with E-state index in [-0.39, 0.29) is 18.6 Å². The number of carbonyl (C=O) groups excluding carboxylic acids is 2. The fraction of sp³-hybridized carbons (Fsp3) is 0.476. The molecule has 6 heteroatoms. The Morgan fingerprint density at radius 2 is 2.04 bits per heavy atom. The molecule has 4 rings (SSSR count). The largest absolute Gasteiger partial charge is 0.452 e. The Morgan fingerprint density at radius 1 is 1.26 bits per heavy atom. The zero-order chi connectivity index (χ0) is 18.8. The van der Waals surface area contributed by atoms with E-state index < -0.39 is 5.97 Å². The van der Waals surface area contributed by atoms with Crippen LogP contribution in [0.3, 0.4) is 0 Å². The van der Waals surface area contributed by atoms with Crippen LogP contribution in [0.15, 0.2) is 24.3 Å². The van der Waals surface area contributed by atoms with Crippen molar-refractivity contribution >= 4 is 22.8 Å². The van der Waals surface area contributed by atoms with Crippen LogP contribution in [0.2, 0.25) is 0 Å². The third-order valence-corrected chi connectivity index (χ3v) is 5.50. The molecule has 0 bridgehead atoms. The van der Waals surface area contributed by atoms with Gasteiger partial charge in [0.05, 0.1) is 11.1 Å². The maximum atomic E-state index is 12.9. The molecule has 2 aliphatic rings. The monoisotopic (exact) mass is 367 g/mol. The highest BCUT2D eigenvalue weighted by Gasteiger charge is 2.26. The van der Waals surface area contributed by atoms with Gasteiger partial charge in [0.15, 0.2) is 6.61 Å². The maximum absolute atomic E-state index is 12.9. The van der Waals surface area contributed by atoms with Crippen LogP contribution in [0, 0.1) is 0 Å². The van der Waals surface area contributed by atoms with Crippen LogP contribution >= 0.6 is 0 Å². The Labute approximate surface area is 158 Å². The minimum atomic E-state index is -0.443. The normalized spacial score (nSPS) is 17.7. The van der Waals surface area contributed by atoms with Gasteiger partial charge in [0, 0.05) is 42.2 Å². The predicted molar refractivity (Wildman–Crippen MR) is 102 cm³/mol. The van der Waals surface area contributed by atoms with E-state index in [1.165, 1.54) is 0 Å². The van der Waals surface area contributed by atoms with Crippen molar-refractivity contribution in [3.8, 4) is 0 Å². The van der Waals surface area contributed by atoms with Gasteiger partial charge in [0.1, 0.15) is 0 Å². The Kier molecular flexibility index (Phi) is 5.07. The van der Waals surface area contributed by atoms with Gasteiger partial charge < -0.3 is 15.0 Å². The summed E-state index contributed by atoms with van der Waals surface area (Å²) >= 11 is 0. The highest BCUT2D eigenvalue weighted by atomic mass is 16.5. The molecule has 142 valence electrons. The summed E-state index contributed by atoms with van der Waals surface area (Å²) in [5, 5.41) is 3.74. The first-order chi connectivity index (χ1) is 13.1. The Morgan fingerprint density at radius 3 is 2.85 bits per heavy atom. The minimum absolute atomic E-state index is 0.222. The number of benzene rings is 1. The molecular formula is C21H25N3O3. The molecule has 0 atom stereocenters. The van der Waals surface area contributed by atoms with E-state index in [4.69, 9.17) is 9.72 Å². The first-order valence-electron chi connectivity index (χ1n) is 9.67. The summed E-state index contributed by atoms with van der Waals surface area (Å²) in [6.07, 6.45) is 5.11. The number of hydrogen-bond acceptors (Lipinski definition) is 5. The van der Waals surface area contributed by atoms with Gasteiger partial charge >= 0.3 is 5.97 Å². The quantitative estimate of drug-likeness (QED) is 0.841. The standard InChI is InChI=1S/C21H25N3O3/c1-24-11-10-18-16(12-24)20(15-8-4-5-9-17(15)23-18)21(26)27-13-19(25)22-14-6-2-3-7-14/h4-5,8-9,14H,2-3,6-7,10-13H2,1H3,(H,22,25). The van der Waals surface area contributed by atoms with Gasteiger partial charge in [-0.1, -0.05) is 31.0 Å². The van der Waals surface area contributed by atoms with Crippen LogP contribution in [-0.4, -0.2) is 48.0 Å². The summed E-state index contributed by atoms with van der Waals surface area (Å²) in [5.41, 5.74) is 3.22. The lowest BCUT2D eigenvalue weighted by Crippen LogP contribution is -2.36. The van der Waals surface area contributed by atoms with Crippen LogP contribution in [0.25, 0.3) is 10.9 Å². The van der Waals surface area contributed by atoms with E-state index in [0.717, 1.165) is 60.8 Å². The number of rotatable bonds is 4. The average Bonchev–Trinajstić information content (AvgIpc) is 3.17. The second-order valence-electron chi connectivity index (χ2n) is 7.54. The van der Waals surface area contributed by atoms with Crippen molar-refractivity contribution in [2.24, 2.45) is 0 Å². The zero-order valence-corrected chi connectivity index (χ0v) is 15.7. The highest BCUT2D eigenvalue weighted by Crippen LogP contribution is 2.28. The van der Waals surface area contributed by atoms with Gasteiger partial charge in [-0.25, -0.2) is 4.79 Å². The number of amides is 1. The number of ether oxygens (including phenoxy) is 1. The smallest absolute Gasteiger partial charge is 0.339 e. The molecule has 27 heavy (non-hydrogen) atoms. The van der Waals surface area contributed by atoms with Crippen LogP contribution in [-0.2, 0) is 22.5 Å². The number of pyridine rings is 1. The van der Waals surface area contributed by atoms with Crippen molar-refractivity contribution in [2.75, 3.05) is 20.2 Å². The fourth-order valence-electron chi connectivity index (χ4n) is 4.10. The number of nitrogens with one attached hydrogen (secondary N) is 1. The zero-order valence-electron chi connectivity index (χ0n) is 15.7. The summed E-state index contributed by atoms with van der Waals surface area (Å²) in [6.45, 7) is 1.33. The van der Waals surface area contributed by atoms with Crippen molar-refractivity contribution < 1.29 is 14.3 Å². The van der Waals surface area contributed by atoms with Crippen LogP contribution in [0.4, 0.5) is 0 Å².